The number of H-pyrrole nitrogens is 1. The third kappa shape index (κ3) is 2.49. The van der Waals surface area contributed by atoms with Crippen LogP contribution in [0.5, 0.6) is 0 Å². The largest absolute Gasteiger partial charge is 0.381 e. The molecule has 0 radical (unpaired) electrons. The molecule has 0 aromatic carbocycles. The van der Waals surface area contributed by atoms with Crippen LogP contribution in [0.25, 0.3) is 0 Å². The Hall–Kier alpha value is -1.07. The van der Waals surface area contributed by atoms with Crippen LogP contribution in [0.2, 0.25) is 5.15 Å². The summed E-state index contributed by atoms with van der Waals surface area (Å²) in [4.78, 5) is 27.3. The van der Waals surface area contributed by atoms with E-state index in [0.29, 0.717) is 31.6 Å². The molecule has 1 aliphatic heterocycles. The number of nitrogens with zero attached hydrogens (tertiary/aromatic N) is 1. The van der Waals surface area contributed by atoms with E-state index in [1.807, 2.05) is 20.8 Å². The summed E-state index contributed by atoms with van der Waals surface area (Å²) in [5.41, 5.74) is -0.761. The third-order valence-corrected chi connectivity index (χ3v) is 4.07. The van der Waals surface area contributed by atoms with Crippen LogP contribution >= 0.6 is 11.6 Å². The maximum absolute atomic E-state index is 12.6. The predicted octanol–water partition coefficient (Wildman–Crippen LogP) is 1.84. The van der Waals surface area contributed by atoms with Crippen molar-refractivity contribution in [2.24, 2.45) is 0 Å². The minimum atomic E-state index is -0.503. The number of aromatic nitrogens is 2. The van der Waals surface area contributed by atoms with Crippen molar-refractivity contribution in [3.05, 3.63) is 31.6 Å². The molecule has 0 bridgehead atoms. The van der Waals surface area contributed by atoms with Gasteiger partial charge in [-0.15, -0.1) is 0 Å². The van der Waals surface area contributed by atoms with E-state index in [-0.39, 0.29) is 16.6 Å². The number of nitrogens with one attached hydrogen (secondary N) is 1. The zero-order chi connectivity index (χ0) is 14.2. The molecule has 106 valence electrons. The standard InChI is InChI=1S/C13H19ClN2O3/c1-8(2)9-10(14)15-12(18)16(11(9)17)13(3)4-6-19-7-5-13/h8H,4-7H2,1-3H3,(H,15,18). The first-order valence-corrected chi connectivity index (χ1v) is 6.87. The van der Waals surface area contributed by atoms with Gasteiger partial charge in [-0.2, -0.15) is 0 Å². The molecule has 0 amide bonds. The molecule has 0 saturated carbocycles. The number of hydrogen-bond acceptors (Lipinski definition) is 3. The number of aromatic amines is 1. The van der Waals surface area contributed by atoms with Crippen molar-refractivity contribution in [1.29, 1.82) is 0 Å². The lowest BCUT2D eigenvalue weighted by Crippen LogP contribution is -2.51. The number of rotatable bonds is 2. The van der Waals surface area contributed by atoms with E-state index in [2.05, 4.69) is 4.98 Å². The average molecular weight is 287 g/mol. The third-order valence-electron chi connectivity index (χ3n) is 3.78. The number of ether oxygens (including phenoxy) is 1. The lowest BCUT2D eigenvalue weighted by Gasteiger charge is -2.35. The Morgan fingerprint density at radius 2 is 1.89 bits per heavy atom. The molecule has 5 nitrogen and oxygen atoms in total. The van der Waals surface area contributed by atoms with E-state index in [4.69, 9.17) is 16.3 Å². The van der Waals surface area contributed by atoms with Gasteiger partial charge in [-0.1, -0.05) is 25.4 Å². The second kappa shape index (κ2) is 5.13. The van der Waals surface area contributed by atoms with Crippen LogP contribution in [0.15, 0.2) is 9.59 Å². The minimum Gasteiger partial charge on any atom is -0.381 e. The molecule has 2 heterocycles. The van der Waals surface area contributed by atoms with Crippen molar-refractivity contribution in [2.75, 3.05) is 13.2 Å². The van der Waals surface area contributed by atoms with E-state index in [1.165, 1.54) is 4.57 Å². The highest BCUT2D eigenvalue weighted by atomic mass is 35.5. The van der Waals surface area contributed by atoms with Gasteiger partial charge in [-0.3, -0.25) is 14.3 Å². The highest BCUT2D eigenvalue weighted by Crippen LogP contribution is 2.27. The Bertz CT molecular complexity index is 583. The summed E-state index contributed by atoms with van der Waals surface area (Å²) >= 11 is 5.99. The lowest BCUT2D eigenvalue weighted by atomic mass is 9.91. The maximum atomic E-state index is 12.6. The van der Waals surface area contributed by atoms with Crippen LogP contribution < -0.4 is 11.2 Å². The average Bonchev–Trinajstić information content (AvgIpc) is 2.27. The monoisotopic (exact) mass is 286 g/mol. The van der Waals surface area contributed by atoms with Crippen LogP contribution in [-0.4, -0.2) is 22.8 Å². The predicted molar refractivity (Wildman–Crippen MR) is 74.1 cm³/mol. The molecule has 19 heavy (non-hydrogen) atoms. The van der Waals surface area contributed by atoms with Gasteiger partial charge in [0.2, 0.25) is 0 Å². The van der Waals surface area contributed by atoms with Gasteiger partial charge in [-0.05, 0) is 25.7 Å². The van der Waals surface area contributed by atoms with E-state index in [0.717, 1.165) is 0 Å². The zero-order valence-corrected chi connectivity index (χ0v) is 12.2. The molecule has 2 rings (SSSR count). The summed E-state index contributed by atoms with van der Waals surface area (Å²) in [6, 6.07) is 0. The number of hydrogen-bond donors (Lipinski definition) is 1. The first-order valence-electron chi connectivity index (χ1n) is 6.50. The molecule has 0 aliphatic carbocycles. The van der Waals surface area contributed by atoms with Crippen molar-refractivity contribution in [2.45, 2.75) is 45.1 Å². The second-order valence-corrected chi connectivity index (χ2v) is 5.94. The summed E-state index contributed by atoms with van der Waals surface area (Å²) in [5.74, 6) is -0.0356. The van der Waals surface area contributed by atoms with Gasteiger partial charge in [0.25, 0.3) is 5.56 Å². The summed E-state index contributed by atoms with van der Waals surface area (Å²) < 4.78 is 6.63. The van der Waals surface area contributed by atoms with E-state index >= 15 is 0 Å². The van der Waals surface area contributed by atoms with Crippen molar-refractivity contribution in [3.8, 4) is 0 Å². The van der Waals surface area contributed by atoms with Crippen LogP contribution in [0, 0.1) is 0 Å². The van der Waals surface area contributed by atoms with Gasteiger partial charge < -0.3 is 4.74 Å². The van der Waals surface area contributed by atoms with Crippen molar-refractivity contribution >= 4 is 11.6 Å². The normalized spacial score (nSPS) is 18.8. The molecule has 1 aliphatic rings. The first kappa shape index (κ1) is 14.3. The summed E-state index contributed by atoms with van der Waals surface area (Å²) in [6.45, 7) is 6.81. The Kier molecular flexibility index (Phi) is 3.87. The molecule has 0 spiro atoms. The molecule has 1 fully saturated rings. The Morgan fingerprint density at radius 3 is 2.42 bits per heavy atom. The Labute approximate surface area is 116 Å². The molecule has 0 unspecified atom stereocenters. The van der Waals surface area contributed by atoms with E-state index in [1.54, 1.807) is 0 Å². The number of halogens is 1. The SMILES string of the molecule is CC(C)c1c(Cl)[nH]c(=O)n(C2(C)CCOCC2)c1=O. The Morgan fingerprint density at radius 1 is 1.32 bits per heavy atom. The van der Waals surface area contributed by atoms with Crippen LogP contribution in [-0.2, 0) is 10.3 Å². The fourth-order valence-corrected chi connectivity index (χ4v) is 2.93. The van der Waals surface area contributed by atoms with E-state index in [9.17, 15) is 9.59 Å². The topological polar surface area (TPSA) is 64.1 Å². The van der Waals surface area contributed by atoms with Crippen molar-refractivity contribution < 1.29 is 4.74 Å². The molecule has 1 aromatic heterocycles. The molecule has 6 heteroatoms. The quantitative estimate of drug-likeness (QED) is 0.844. The fraction of sp³-hybridized carbons (Fsp3) is 0.692. The molecule has 0 atom stereocenters. The van der Waals surface area contributed by atoms with Gasteiger partial charge in [0.1, 0.15) is 5.15 Å². The lowest BCUT2D eigenvalue weighted by molar-refractivity contribution is 0.0258. The summed E-state index contributed by atoms with van der Waals surface area (Å²) in [5, 5.41) is 0.150. The van der Waals surface area contributed by atoms with Gasteiger partial charge in [0.15, 0.2) is 0 Å². The van der Waals surface area contributed by atoms with Crippen LogP contribution in [0.3, 0.4) is 0 Å². The maximum Gasteiger partial charge on any atom is 0.330 e. The Balaban J connectivity index is 2.67. The molecular weight excluding hydrogens is 268 g/mol. The fourth-order valence-electron chi connectivity index (χ4n) is 2.55. The first-order chi connectivity index (χ1) is 8.87. The van der Waals surface area contributed by atoms with E-state index < -0.39 is 11.2 Å². The molecular formula is C13H19ClN2O3. The molecule has 1 N–H and O–H groups in total. The van der Waals surface area contributed by atoms with Gasteiger partial charge >= 0.3 is 5.69 Å². The smallest absolute Gasteiger partial charge is 0.330 e. The minimum absolute atomic E-state index is 0.0356. The van der Waals surface area contributed by atoms with Crippen LogP contribution in [0.4, 0.5) is 0 Å². The highest BCUT2D eigenvalue weighted by molar-refractivity contribution is 6.30. The van der Waals surface area contributed by atoms with Crippen molar-refractivity contribution in [3.63, 3.8) is 0 Å². The zero-order valence-electron chi connectivity index (χ0n) is 11.5. The van der Waals surface area contributed by atoms with Crippen molar-refractivity contribution in [1.82, 2.24) is 9.55 Å². The van der Waals surface area contributed by atoms with Gasteiger partial charge in [0.05, 0.1) is 11.1 Å². The molecule has 1 saturated heterocycles. The van der Waals surface area contributed by atoms with Crippen LogP contribution in [0.1, 0.15) is 45.1 Å². The molecule has 1 aromatic rings. The summed E-state index contributed by atoms with van der Waals surface area (Å²) in [7, 11) is 0. The highest BCUT2D eigenvalue weighted by Gasteiger charge is 2.33. The second-order valence-electron chi connectivity index (χ2n) is 5.56. The van der Waals surface area contributed by atoms with Gasteiger partial charge in [-0.25, -0.2) is 4.79 Å². The van der Waals surface area contributed by atoms with Gasteiger partial charge in [0, 0.05) is 13.2 Å². The summed E-state index contributed by atoms with van der Waals surface area (Å²) in [6.07, 6.45) is 1.30.